The minimum atomic E-state index is -0.137. The molecule has 1 heterocycles. The van der Waals surface area contributed by atoms with Gasteiger partial charge in [-0.05, 0) is 74.6 Å². The molecule has 0 aliphatic rings. The summed E-state index contributed by atoms with van der Waals surface area (Å²) in [5.41, 5.74) is 6.96. The molecule has 0 radical (unpaired) electrons. The molecule has 190 valence electrons. The molecule has 6 nitrogen and oxygen atoms in total. The fourth-order valence-corrected chi connectivity index (χ4v) is 4.77. The quantitative estimate of drug-likeness (QED) is 0.215. The van der Waals surface area contributed by atoms with Crippen molar-refractivity contribution in [1.82, 2.24) is 14.9 Å². The molecule has 0 saturated carbocycles. The summed E-state index contributed by atoms with van der Waals surface area (Å²) in [7, 11) is 4.04. The molecule has 0 aliphatic carbocycles. The maximum absolute atomic E-state index is 12.8. The van der Waals surface area contributed by atoms with Crippen LogP contribution in [0.2, 0.25) is 0 Å². The lowest BCUT2D eigenvalue weighted by molar-refractivity contribution is 0.102. The number of fused-ring (bicyclic) bond motifs is 1. The standard InChI is InChI=1S/C31H28BrN5O/c1-20-16-28(23(19-37(2)3)18-27(20)33-30(38)21-10-5-4-6-11-21)35-31-34-26-15-8-7-14-25(26)29(36-31)22-12-9-13-24(32)17-22/h4-18H,19H2,1-3H3,(H,33,38)(H,34,35,36). The van der Waals surface area contributed by atoms with Gasteiger partial charge in [0.15, 0.2) is 0 Å². The lowest BCUT2D eigenvalue weighted by atomic mass is 10.1. The zero-order valence-electron chi connectivity index (χ0n) is 21.5. The average Bonchev–Trinajstić information content (AvgIpc) is 2.91. The number of anilines is 3. The Labute approximate surface area is 230 Å². The van der Waals surface area contributed by atoms with E-state index in [1.165, 1.54) is 0 Å². The molecular formula is C31H28BrN5O. The Morgan fingerprint density at radius 3 is 2.39 bits per heavy atom. The summed E-state index contributed by atoms with van der Waals surface area (Å²) < 4.78 is 0.990. The Morgan fingerprint density at radius 2 is 1.63 bits per heavy atom. The van der Waals surface area contributed by atoms with E-state index in [9.17, 15) is 4.79 Å². The number of aryl methyl sites for hydroxylation is 1. The Kier molecular flexibility index (Phi) is 7.49. The molecule has 0 aliphatic heterocycles. The third kappa shape index (κ3) is 5.74. The topological polar surface area (TPSA) is 70.2 Å². The van der Waals surface area contributed by atoms with Crippen molar-refractivity contribution in [3.63, 3.8) is 0 Å². The number of benzene rings is 4. The van der Waals surface area contributed by atoms with Crippen molar-refractivity contribution in [3.05, 3.63) is 112 Å². The Hall–Kier alpha value is -4.07. The molecule has 0 bridgehead atoms. The summed E-state index contributed by atoms with van der Waals surface area (Å²) in [6, 6.07) is 29.4. The van der Waals surface area contributed by atoms with E-state index >= 15 is 0 Å². The number of halogens is 1. The van der Waals surface area contributed by atoms with Gasteiger partial charge in [-0.25, -0.2) is 9.97 Å². The minimum absolute atomic E-state index is 0.137. The fraction of sp³-hybridized carbons (Fsp3) is 0.129. The largest absolute Gasteiger partial charge is 0.324 e. The van der Waals surface area contributed by atoms with Crippen LogP contribution >= 0.6 is 15.9 Å². The summed E-state index contributed by atoms with van der Waals surface area (Å²) >= 11 is 3.58. The smallest absolute Gasteiger partial charge is 0.255 e. The summed E-state index contributed by atoms with van der Waals surface area (Å²) in [4.78, 5) is 24.7. The average molecular weight is 567 g/mol. The van der Waals surface area contributed by atoms with Gasteiger partial charge in [-0.2, -0.15) is 0 Å². The van der Waals surface area contributed by atoms with Gasteiger partial charge in [-0.3, -0.25) is 4.79 Å². The molecule has 38 heavy (non-hydrogen) atoms. The number of nitrogens with one attached hydrogen (secondary N) is 2. The predicted molar refractivity (Wildman–Crippen MR) is 159 cm³/mol. The van der Waals surface area contributed by atoms with Crippen LogP contribution < -0.4 is 10.6 Å². The van der Waals surface area contributed by atoms with Crippen LogP contribution in [0, 0.1) is 6.92 Å². The maximum Gasteiger partial charge on any atom is 0.255 e. The van der Waals surface area contributed by atoms with Gasteiger partial charge < -0.3 is 15.5 Å². The number of nitrogens with zero attached hydrogens (tertiary/aromatic N) is 3. The Balaban J connectivity index is 1.54. The zero-order valence-corrected chi connectivity index (χ0v) is 23.1. The highest BCUT2D eigenvalue weighted by atomic mass is 79.9. The van der Waals surface area contributed by atoms with Crippen LogP contribution in [0.4, 0.5) is 17.3 Å². The maximum atomic E-state index is 12.8. The van der Waals surface area contributed by atoms with E-state index in [1.807, 2.05) is 87.7 Å². The van der Waals surface area contributed by atoms with E-state index < -0.39 is 0 Å². The lowest BCUT2D eigenvalue weighted by Gasteiger charge is -2.19. The predicted octanol–water partition coefficient (Wildman–Crippen LogP) is 7.43. The van der Waals surface area contributed by atoms with Crippen molar-refractivity contribution in [2.45, 2.75) is 13.5 Å². The molecule has 5 rings (SSSR count). The molecule has 1 amide bonds. The molecule has 5 aromatic rings. The van der Waals surface area contributed by atoms with Gasteiger partial charge in [0.1, 0.15) is 0 Å². The van der Waals surface area contributed by atoms with Crippen LogP contribution in [0.25, 0.3) is 22.2 Å². The van der Waals surface area contributed by atoms with E-state index in [1.54, 1.807) is 12.1 Å². The van der Waals surface area contributed by atoms with Crippen molar-refractivity contribution in [1.29, 1.82) is 0 Å². The van der Waals surface area contributed by atoms with E-state index in [0.717, 1.165) is 49.1 Å². The number of hydrogen-bond acceptors (Lipinski definition) is 5. The summed E-state index contributed by atoms with van der Waals surface area (Å²) in [5.74, 6) is 0.376. The number of amides is 1. The molecule has 4 aromatic carbocycles. The second-order valence-corrected chi connectivity index (χ2v) is 10.3. The Bertz CT molecular complexity index is 1620. The molecule has 0 atom stereocenters. The van der Waals surface area contributed by atoms with Gasteiger partial charge in [0.25, 0.3) is 5.91 Å². The molecule has 0 spiro atoms. The van der Waals surface area contributed by atoms with E-state index in [-0.39, 0.29) is 5.91 Å². The lowest BCUT2D eigenvalue weighted by Crippen LogP contribution is -2.16. The summed E-state index contributed by atoms with van der Waals surface area (Å²) in [6.45, 7) is 2.66. The van der Waals surface area contributed by atoms with Gasteiger partial charge in [0.2, 0.25) is 5.95 Å². The first-order valence-electron chi connectivity index (χ1n) is 12.3. The second kappa shape index (κ2) is 11.1. The summed E-state index contributed by atoms with van der Waals surface area (Å²) in [5, 5.41) is 7.53. The number of carbonyl (C=O) groups excluding carboxylic acids is 1. The number of para-hydroxylation sites is 1. The van der Waals surface area contributed by atoms with Crippen LogP contribution in [-0.4, -0.2) is 34.9 Å². The third-order valence-corrected chi connectivity index (χ3v) is 6.66. The van der Waals surface area contributed by atoms with Crippen molar-refractivity contribution >= 4 is 50.1 Å². The van der Waals surface area contributed by atoms with Crippen molar-refractivity contribution in [3.8, 4) is 11.3 Å². The first-order chi connectivity index (χ1) is 18.4. The van der Waals surface area contributed by atoms with Gasteiger partial charge in [0, 0.05) is 38.9 Å². The van der Waals surface area contributed by atoms with E-state index in [4.69, 9.17) is 9.97 Å². The molecule has 2 N–H and O–H groups in total. The number of aromatic nitrogens is 2. The zero-order chi connectivity index (χ0) is 26.6. The van der Waals surface area contributed by atoms with Gasteiger partial charge in [-0.1, -0.05) is 64.5 Å². The first kappa shape index (κ1) is 25.6. The highest BCUT2D eigenvalue weighted by Gasteiger charge is 2.15. The van der Waals surface area contributed by atoms with Crippen LogP contribution in [0.3, 0.4) is 0 Å². The minimum Gasteiger partial charge on any atom is -0.324 e. The van der Waals surface area contributed by atoms with Crippen LogP contribution in [0.5, 0.6) is 0 Å². The van der Waals surface area contributed by atoms with Gasteiger partial charge in [-0.15, -0.1) is 0 Å². The van der Waals surface area contributed by atoms with Gasteiger partial charge in [0.05, 0.1) is 11.2 Å². The molecular weight excluding hydrogens is 538 g/mol. The monoisotopic (exact) mass is 565 g/mol. The SMILES string of the molecule is Cc1cc(Nc2nc(-c3cccc(Br)c3)c3ccccc3n2)c(CN(C)C)cc1NC(=O)c1ccccc1. The molecule has 0 saturated heterocycles. The molecule has 7 heteroatoms. The highest BCUT2D eigenvalue weighted by molar-refractivity contribution is 9.10. The van der Waals surface area contributed by atoms with Crippen molar-refractivity contribution < 1.29 is 4.79 Å². The summed E-state index contributed by atoms with van der Waals surface area (Å²) in [6.07, 6.45) is 0. The molecule has 1 aromatic heterocycles. The third-order valence-electron chi connectivity index (χ3n) is 6.17. The number of carbonyl (C=O) groups is 1. The van der Waals surface area contributed by atoms with E-state index in [0.29, 0.717) is 18.1 Å². The van der Waals surface area contributed by atoms with Crippen LogP contribution in [-0.2, 0) is 6.54 Å². The molecule has 0 unspecified atom stereocenters. The van der Waals surface area contributed by atoms with Gasteiger partial charge >= 0.3 is 0 Å². The van der Waals surface area contributed by atoms with E-state index in [2.05, 4.69) is 43.6 Å². The molecule has 0 fully saturated rings. The highest BCUT2D eigenvalue weighted by Crippen LogP contribution is 2.32. The van der Waals surface area contributed by atoms with Crippen LogP contribution in [0.1, 0.15) is 21.5 Å². The van der Waals surface area contributed by atoms with Crippen molar-refractivity contribution in [2.24, 2.45) is 0 Å². The first-order valence-corrected chi connectivity index (χ1v) is 13.1. The fourth-order valence-electron chi connectivity index (χ4n) is 4.37. The normalized spacial score (nSPS) is 11.1. The number of hydrogen-bond donors (Lipinski definition) is 2. The Morgan fingerprint density at radius 1 is 0.868 bits per heavy atom. The number of rotatable bonds is 7. The second-order valence-electron chi connectivity index (χ2n) is 9.43. The van der Waals surface area contributed by atoms with Crippen molar-refractivity contribution in [2.75, 3.05) is 24.7 Å². The van der Waals surface area contributed by atoms with Crippen LogP contribution in [0.15, 0.2) is 95.5 Å².